The van der Waals surface area contributed by atoms with E-state index in [1.807, 2.05) is 27.2 Å². The third kappa shape index (κ3) is 58.0. The van der Waals surface area contributed by atoms with Gasteiger partial charge in [-0.1, -0.05) is 287 Å². The quantitative estimate of drug-likeness (QED) is 0.0272. The Kier molecular flexibility index (Phi) is 54.1. The summed E-state index contributed by atoms with van der Waals surface area (Å²) in [6.45, 7) is 4.67. The van der Waals surface area contributed by atoms with Gasteiger partial charge in [-0.3, -0.25) is 9.36 Å². The minimum atomic E-state index is -4.60. The highest BCUT2D eigenvalue weighted by molar-refractivity contribution is 7.45. The maximum absolute atomic E-state index is 13.0. The summed E-state index contributed by atoms with van der Waals surface area (Å²) in [7, 11) is 1.27. The molecule has 9 heteroatoms. The van der Waals surface area contributed by atoms with E-state index in [1.165, 1.54) is 231 Å². The van der Waals surface area contributed by atoms with E-state index in [0.717, 1.165) is 51.4 Å². The van der Waals surface area contributed by atoms with Gasteiger partial charge in [0.1, 0.15) is 13.2 Å². The van der Waals surface area contributed by atoms with E-state index < -0.39 is 20.0 Å². The van der Waals surface area contributed by atoms with Crippen LogP contribution >= 0.6 is 7.82 Å². The number of aliphatic hydroxyl groups is 1. The Balaban J connectivity index is 4.00. The van der Waals surface area contributed by atoms with Crippen molar-refractivity contribution >= 4 is 13.7 Å². The van der Waals surface area contributed by atoms with E-state index in [2.05, 4.69) is 55.6 Å². The van der Waals surface area contributed by atoms with Crippen molar-refractivity contribution in [2.45, 2.75) is 315 Å². The van der Waals surface area contributed by atoms with Crippen molar-refractivity contribution in [1.29, 1.82) is 0 Å². The molecule has 0 saturated carbocycles. The second kappa shape index (κ2) is 55.2. The highest BCUT2D eigenvalue weighted by atomic mass is 31.2. The highest BCUT2D eigenvalue weighted by Crippen LogP contribution is 2.38. The lowest BCUT2D eigenvalue weighted by Crippen LogP contribution is -2.45. The molecule has 0 aromatic heterocycles. The van der Waals surface area contributed by atoms with Crippen molar-refractivity contribution in [3.05, 3.63) is 48.6 Å². The van der Waals surface area contributed by atoms with Gasteiger partial charge in [-0.25, -0.2) is 0 Å². The van der Waals surface area contributed by atoms with Gasteiger partial charge in [0.25, 0.3) is 7.82 Å². The molecule has 0 aliphatic carbocycles. The van der Waals surface area contributed by atoms with Crippen molar-refractivity contribution in [2.24, 2.45) is 0 Å². The Hall–Kier alpha value is -1.54. The maximum atomic E-state index is 13.0. The number of carbonyl (C=O) groups excluding carboxylic acids is 1. The lowest BCUT2D eigenvalue weighted by atomic mass is 10.0. The van der Waals surface area contributed by atoms with Crippen molar-refractivity contribution < 1.29 is 32.9 Å². The van der Waals surface area contributed by atoms with Crippen LogP contribution in [0.3, 0.4) is 0 Å². The van der Waals surface area contributed by atoms with Crippen LogP contribution in [0.25, 0.3) is 0 Å². The first kappa shape index (κ1) is 71.5. The number of aliphatic hydroxyl groups excluding tert-OH is 1. The number of unbranched alkanes of at least 4 members (excludes halogenated alkanes) is 39. The molecule has 0 aliphatic rings. The molecule has 0 fully saturated rings. The number of nitrogens with zero attached hydrogens (tertiary/aromatic N) is 1. The summed E-state index contributed by atoms with van der Waals surface area (Å²) in [6.07, 6.45) is 73.5. The average molecular weight is 1050 g/mol. The van der Waals surface area contributed by atoms with Gasteiger partial charge in [-0.05, 0) is 57.8 Å². The van der Waals surface area contributed by atoms with Crippen molar-refractivity contribution in [2.75, 3.05) is 40.9 Å². The lowest BCUT2D eigenvalue weighted by Gasteiger charge is -2.29. The fourth-order valence-electron chi connectivity index (χ4n) is 9.34. The lowest BCUT2D eigenvalue weighted by molar-refractivity contribution is -0.870. The summed E-state index contributed by atoms with van der Waals surface area (Å²) in [5.41, 5.74) is 0. The molecule has 0 bridgehead atoms. The summed E-state index contributed by atoms with van der Waals surface area (Å²) in [5, 5.41) is 13.9. The first-order chi connectivity index (χ1) is 35.5. The zero-order chi connectivity index (χ0) is 53.5. The number of hydrogen-bond donors (Lipinski definition) is 2. The second-order valence-electron chi connectivity index (χ2n) is 22.8. The van der Waals surface area contributed by atoms with E-state index in [4.69, 9.17) is 9.05 Å². The van der Waals surface area contributed by atoms with Gasteiger partial charge in [0.2, 0.25) is 5.91 Å². The molecule has 0 spiro atoms. The Labute approximate surface area is 454 Å². The number of carbonyl (C=O) groups is 1. The highest BCUT2D eigenvalue weighted by Gasteiger charge is 2.23. The summed E-state index contributed by atoms with van der Waals surface area (Å²) >= 11 is 0. The fraction of sp³-hybridized carbons (Fsp3) is 0.859. The first-order valence-electron chi connectivity index (χ1n) is 31.5. The van der Waals surface area contributed by atoms with E-state index in [9.17, 15) is 19.4 Å². The molecule has 73 heavy (non-hydrogen) atoms. The smallest absolute Gasteiger partial charge is 0.268 e. The summed E-state index contributed by atoms with van der Waals surface area (Å²) in [6, 6.07) is -0.886. The number of phosphoric ester groups is 1. The van der Waals surface area contributed by atoms with E-state index in [-0.39, 0.29) is 19.1 Å². The Morgan fingerprint density at radius 1 is 0.479 bits per heavy atom. The maximum Gasteiger partial charge on any atom is 0.268 e. The van der Waals surface area contributed by atoms with Gasteiger partial charge >= 0.3 is 0 Å². The number of rotatable bonds is 58. The number of likely N-dealkylation sites (N-methyl/N-ethyl adjacent to an activating group) is 1. The van der Waals surface area contributed by atoms with Crippen LogP contribution < -0.4 is 10.2 Å². The Bertz CT molecular complexity index is 1330. The molecule has 0 aromatic carbocycles. The van der Waals surface area contributed by atoms with Crippen LogP contribution in [0.5, 0.6) is 0 Å². The molecule has 0 aromatic rings. The molecule has 0 aliphatic heterocycles. The molecule has 0 saturated heterocycles. The Morgan fingerprint density at radius 3 is 1.15 bits per heavy atom. The summed E-state index contributed by atoms with van der Waals surface area (Å²) < 4.78 is 23.4. The molecule has 2 N–H and O–H groups in total. The predicted octanol–water partition coefficient (Wildman–Crippen LogP) is 18.9. The van der Waals surface area contributed by atoms with Gasteiger partial charge in [0.15, 0.2) is 0 Å². The normalized spacial score (nSPS) is 14.1. The van der Waals surface area contributed by atoms with Crippen LogP contribution in [0.2, 0.25) is 0 Å². The van der Waals surface area contributed by atoms with Crippen LogP contribution in [-0.2, 0) is 18.4 Å². The molecule has 3 atom stereocenters. The van der Waals surface area contributed by atoms with Gasteiger partial charge in [-0.15, -0.1) is 0 Å². The van der Waals surface area contributed by atoms with Crippen molar-refractivity contribution in [3.63, 3.8) is 0 Å². The topological polar surface area (TPSA) is 108 Å². The number of quaternary nitrogens is 1. The first-order valence-corrected chi connectivity index (χ1v) is 33.0. The molecule has 0 heterocycles. The average Bonchev–Trinajstić information content (AvgIpc) is 3.35. The summed E-state index contributed by atoms with van der Waals surface area (Å²) in [4.78, 5) is 25.5. The SMILES string of the molecule is CCCCCCC/C=C\C/C=C\C/C=C\CCCCCCCCCCCCCCCCCCCCCCC(=O)NC(COP(=O)([O-])OCC[N+](C)(C)C)C(O)/C=C/CCCCCCCCCCCCCCCC. The third-order valence-corrected chi connectivity index (χ3v) is 15.2. The summed E-state index contributed by atoms with van der Waals surface area (Å²) in [5.74, 6) is -0.193. The van der Waals surface area contributed by atoms with Crippen molar-refractivity contribution in [3.8, 4) is 0 Å². The molecule has 8 nitrogen and oxygen atoms in total. The van der Waals surface area contributed by atoms with Crippen LogP contribution in [0, 0.1) is 0 Å². The number of nitrogens with one attached hydrogen (secondary N) is 1. The molecular weight excluding hydrogens is 924 g/mol. The Morgan fingerprint density at radius 2 is 0.795 bits per heavy atom. The van der Waals surface area contributed by atoms with Gasteiger partial charge in [0, 0.05) is 6.42 Å². The zero-order valence-corrected chi connectivity index (χ0v) is 50.0. The zero-order valence-electron chi connectivity index (χ0n) is 49.1. The van der Waals surface area contributed by atoms with Crippen molar-refractivity contribution in [1.82, 2.24) is 5.32 Å². The predicted molar refractivity (Wildman–Crippen MR) is 316 cm³/mol. The minimum Gasteiger partial charge on any atom is -0.756 e. The van der Waals surface area contributed by atoms with Crippen LogP contribution in [0.1, 0.15) is 303 Å². The van der Waals surface area contributed by atoms with Gasteiger partial charge in [0.05, 0.1) is 39.9 Å². The number of allylic oxidation sites excluding steroid dienone is 7. The number of amides is 1. The molecule has 0 radical (unpaired) electrons. The van der Waals surface area contributed by atoms with E-state index >= 15 is 0 Å². The molecule has 0 rings (SSSR count). The van der Waals surface area contributed by atoms with Gasteiger partial charge < -0.3 is 28.8 Å². The number of phosphoric acid groups is 1. The van der Waals surface area contributed by atoms with Crippen LogP contribution in [-0.4, -0.2) is 68.5 Å². The second-order valence-corrected chi connectivity index (χ2v) is 24.2. The van der Waals surface area contributed by atoms with E-state index in [0.29, 0.717) is 17.4 Å². The monoisotopic (exact) mass is 1050 g/mol. The molecular formula is C64H123N2O6P. The fourth-order valence-corrected chi connectivity index (χ4v) is 10.1. The largest absolute Gasteiger partial charge is 0.756 e. The molecule has 3 unspecified atom stereocenters. The van der Waals surface area contributed by atoms with Gasteiger partial charge in [-0.2, -0.15) is 0 Å². The molecule has 1 amide bonds. The number of hydrogen-bond acceptors (Lipinski definition) is 6. The third-order valence-electron chi connectivity index (χ3n) is 14.3. The van der Waals surface area contributed by atoms with Crippen LogP contribution in [0.4, 0.5) is 0 Å². The van der Waals surface area contributed by atoms with Crippen LogP contribution in [0.15, 0.2) is 48.6 Å². The molecule has 430 valence electrons. The minimum absolute atomic E-state index is 0.000122. The van der Waals surface area contributed by atoms with E-state index in [1.54, 1.807) is 6.08 Å². The standard InChI is InChI=1S/C64H123N2O6P/c1-6-8-10-12-14-16-18-20-22-24-25-26-27-28-29-30-31-32-33-34-35-36-37-38-39-40-41-42-44-46-48-50-52-54-56-58-64(68)65-62(61-72-73(69,70)71-60-59-66(3,4)5)63(67)57-55-53-51-49-47-45-43-23-21-19-17-15-13-11-9-7-2/h18,20,24-25,27-28,55,57,62-63,67H,6-17,19,21-23,26,29-54,56,58-61H2,1-5H3,(H-,65,68,69,70)/b20-18-,25-24-,28-27-,57-55+.